The lowest BCUT2D eigenvalue weighted by Gasteiger charge is -2.46. The fourth-order valence-corrected chi connectivity index (χ4v) is 11.0. The van der Waals surface area contributed by atoms with Crippen LogP contribution >= 0.6 is 0 Å². The average Bonchev–Trinajstić information content (AvgIpc) is 3.90. The Kier molecular flexibility index (Phi) is 8.13. The molecular weight excluding hydrogens is 791 g/mol. The summed E-state index contributed by atoms with van der Waals surface area (Å²) < 4.78 is 6.37. The highest BCUT2D eigenvalue weighted by molar-refractivity contribution is 6.09. The van der Waals surface area contributed by atoms with E-state index in [1.54, 1.807) is 0 Å². The van der Waals surface area contributed by atoms with Crippen molar-refractivity contribution in [3.05, 3.63) is 246 Å². The van der Waals surface area contributed by atoms with E-state index in [-0.39, 0.29) is 5.41 Å². The van der Waals surface area contributed by atoms with Crippen LogP contribution in [0, 0.1) is 0 Å². The minimum absolute atomic E-state index is 0.129. The molecule has 2 aliphatic rings. The first kappa shape index (κ1) is 37.4. The van der Waals surface area contributed by atoms with E-state index in [0.717, 1.165) is 55.3 Å². The SMILES string of the molecule is CC1(C)c2ccccc2C2(c3ccccc3-c3cc(-c4ccc(-c5nc(-c6ccccc6)nc(-c6ccc(-c7cccc8c7oc7ccccc78)cc6)n5)cc4)ccc32)c2ccccc21. The summed E-state index contributed by atoms with van der Waals surface area (Å²) in [6.07, 6.45) is 0. The van der Waals surface area contributed by atoms with Crippen molar-refractivity contribution in [1.82, 2.24) is 15.0 Å². The Balaban J connectivity index is 0.884. The predicted molar refractivity (Wildman–Crippen MR) is 264 cm³/mol. The molecule has 0 saturated carbocycles. The maximum Gasteiger partial charge on any atom is 0.164 e. The third kappa shape index (κ3) is 5.53. The Morgan fingerprint density at radius 1 is 0.323 bits per heavy atom. The molecule has 0 N–H and O–H groups in total. The summed E-state index contributed by atoms with van der Waals surface area (Å²) in [5, 5.41) is 2.23. The van der Waals surface area contributed by atoms with E-state index in [2.05, 4.69) is 184 Å². The van der Waals surface area contributed by atoms with E-state index in [9.17, 15) is 0 Å². The summed E-state index contributed by atoms with van der Waals surface area (Å²) in [5.74, 6) is 1.87. The van der Waals surface area contributed by atoms with E-state index in [1.165, 1.54) is 50.1 Å². The molecule has 1 spiro atoms. The van der Waals surface area contributed by atoms with Crippen LogP contribution in [0.5, 0.6) is 0 Å². The van der Waals surface area contributed by atoms with Crippen LogP contribution in [0.25, 0.3) is 89.5 Å². The van der Waals surface area contributed by atoms with Gasteiger partial charge in [0.15, 0.2) is 17.5 Å². The van der Waals surface area contributed by atoms with Crippen molar-refractivity contribution in [2.75, 3.05) is 0 Å². The van der Waals surface area contributed by atoms with Gasteiger partial charge in [-0.3, -0.25) is 0 Å². The molecule has 4 nitrogen and oxygen atoms in total. The van der Waals surface area contributed by atoms with Crippen LogP contribution in [0.4, 0.5) is 0 Å². The van der Waals surface area contributed by atoms with Gasteiger partial charge in [0.2, 0.25) is 0 Å². The van der Waals surface area contributed by atoms with Gasteiger partial charge in [0.25, 0.3) is 0 Å². The zero-order chi connectivity index (χ0) is 43.3. The molecule has 2 heterocycles. The number of benzene rings is 9. The number of para-hydroxylation sites is 2. The van der Waals surface area contributed by atoms with Gasteiger partial charge in [0.1, 0.15) is 11.2 Å². The second kappa shape index (κ2) is 14.2. The van der Waals surface area contributed by atoms with Crippen LogP contribution < -0.4 is 0 Å². The Labute approximate surface area is 377 Å². The van der Waals surface area contributed by atoms with Gasteiger partial charge >= 0.3 is 0 Å². The first-order valence-electron chi connectivity index (χ1n) is 22.3. The third-order valence-corrected chi connectivity index (χ3v) is 14.1. The first-order chi connectivity index (χ1) is 32.0. The van der Waals surface area contributed by atoms with E-state index in [0.29, 0.717) is 17.5 Å². The molecule has 0 amide bonds. The summed E-state index contributed by atoms with van der Waals surface area (Å²) in [4.78, 5) is 15.2. The lowest BCUT2D eigenvalue weighted by molar-refractivity contribution is 0.563. The largest absolute Gasteiger partial charge is 0.455 e. The van der Waals surface area contributed by atoms with Crippen LogP contribution in [0.3, 0.4) is 0 Å². The maximum absolute atomic E-state index is 6.37. The van der Waals surface area contributed by atoms with Gasteiger partial charge in [-0.05, 0) is 73.3 Å². The fourth-order valence-electron chi connectivity index (χ4n) is 11.0. The van der Waals surface area contributed by atoms with Crippen LogP contribution in [-0.4, -0.2) is 15.0 Å². The van der Waals surface area contributed by atoms with E-state index in [4.69, 9.17) is 19.4 Å². The molecule has 0 fully saturated rings. The molecule has 0 aliphatic heterocycles. The predicted octanol–water partition coefficient (Wildman–Crippen LogP) is 15.1. The molecule has 9 aromatic carbocycles. The quantitative estimate of drug-likeness (QED) is 0.173. The van der Waals surface area contributed by atoms with E-state index < -0.39 is 5.41 Å². The number of nitrogens with zero attached hydrogens (tertiary/aromatic N) is 3. The van der Waals surface area contributed by atoms with Crippen molar-refractivity contribution in [3.63, 3.8) is 0 Å². The summed E-state index contributed by atoms with van der Waals surface area (Å²) in [6, 6.07) is 76.1. The minimum atomic E-state index is -0.410. The van der Waals surface area contributed by atoms with Crippen LogP contribution in [-0.2, 0) is 10.8 Å². The number of rotatable bonds is 5. The molecule has 65 heavy (non-hydrogen) atoms. The van der Waals surface area contributed by atoms with E-state index >= 15 is 0 Å². The number of hydrogen-bond donors (Lipinski definition) is 0. The zero-order valence-electron chi connectivity index (χ0n) is 36.0. The number of fused-ring (bicyclic) bond motifs is 12. The topological polar surface area (TPSA) is 51.8 Å². The summed E-state index contributed by atoms with van der Waals surface area (Å²) in [6.45, 7) is 4.74. The normalized spacial score (nSPS) is 13.9. The highest BCUT2D eigenvalue weighted by Crippen LogP contribution is 2.62. The van der Waals surface area contributed by atoms with E-state index in [1.807, 2.05) is 42.5 Å². The van der Waals surface area contributed by atoms with Crippen molar-refractivity contribution in [3.8, 4) is 67.5 Å². The average molecular weight is 832 g/mol. The zero-order valence-corrected chi connectivity index (χ0v) is 36.0. The van der Waals surface area contributed by atoms with Crippen LogP contribution in [0.15, 0.2) is 217 Å². The molecular formula is C61H41N3O. The second-order valence-electron chi connectivity index (χ2n) is 17.9. The van der Waals surface area contributed by atoms with Gasteiger partial charge < -0.3 is 4.42 Å². The summed E-state index contributed by atoms with van der Waals surface area (Å²) in [7, 11) is 0. The molecule has 4 heteroatoms. The lowest BCUT2D eigenvalue weighted by atomic mass is 9.55. The van der Waals surface area contributed by atoms with Crippen molar-refractivity contribution in [2.45, 2.75) is 24.7 Å². The van der Waals surface area contributed by atoms with Gasteiger partial charge in [0.05, 0.1) is 5.41 Å². The third-order valence-electron chi connectivity index (χ3n) is 14.1. The van der Waals surface area contributed by atoms with Crippen molar-refractivity contribution in [1.29, 1.82) is 0 Å². The van der Waals surface area contributed by atoms with Gasteiger partial charge in [0, 0.05) is 38.4 Å². The van der Waals surface area contributed by atoms with Crippen molar-refractivity contribution >= 4 is 21.9 Å². The van der Waals surface area contributed by atoms with Gasteiger partial charge in [-0.25, -0.2) is 15.0 Å². The standard InChI is InChI=1S/C61H41N3O/c1-60(2)51-22-9-11-24-53(51)61(54-25-12-10-23-52(54)60)49-21-8-6-17-45(49)48-37-43(35-36-50(48)61)38-27-31-41(32-28-38)58-62-57(40-15-4-3-5-16-40)63-59(64-58)42-33-29-39(30-34-42)44-19-14-20-47-46-18-7-13-26-55(46)65-56(44)47/h3-37H,1-2H3. The molecule has 306 valence electrons. The van der Waals surface area contributed by atoms with Gasteiger partial charge in [-0.1, -0.05) is 214 Å². The molecule has 2 aromatic heterocycles. The molecule has 0 radical (unpaired) electrons. The summed E-state index contributed by atoms with van der Waals surface area (Å²) in [5.41, 5.74) is 19.2. The monoisotopic (exact) mass is 831 g/mol. The Morgan fingerprint density at radius 3 is 1.45 bits per heavy atom. The Hall–Kier alpha value is -8.21. The molecule has 13 rings (SSSR count). The lowest BCUT2D eigenvalue weighted by Crippen LogP contribution is -2.40. The fraction of sp³-hybridized carbons (Fsp3) is 0.0656. The minimum Gasteiger partial charge on any atom is -0.455 e. The number of hydrogen-bond acceptors (Lipinski definition) is 4. The number of furan rings is 1. The van der Waals surface area contributed by atoms with Crippen LogP contribution in [0.2, 0.25) is 0 Å². The van der Waals surface area contributed by atoms with Crippen molar-refractivity contribution < 1.29 is 4.42 Å². The first-order valence-corrected chi connectivity index (χ1v) is 22.3. The maximum atomic E-state index is 6.37. The molecule has 0 bridgehead atoms. The molecule has 2 aliphatic carbocycles. The smallest absolute Gasteiger partial charge is 0.164 e. The van der Waals surface area contributed by atoms with Crippen molar-refractivity contribution in [2.24, 2.45) is 0 Å². The Bertz CT molecular complexity index is 3630. The second-order valence-corrected chi connectivity index (χ2v) is 17.9. The molecule has 0 atom stereocenters. The number of aromatic nitrogens is 3. The molecule has 0 saturated heterocycles. The highest BCUT2D eigenvalue weighted by Gasteiger charge is 2.53. The van der Waals surface area contributed by atoms with Gasteiger partial charge in [-0.15, -0.1) is 0 Å². The van der Waals surface area contributed by atoms with Crippen LogP contribution in [0.1, 0.15) is 47.2 Å². The highest BCUT2D eigenvalue weighted by atomic mass is 16.3. The molecule has 0 unspecified atom stereocenters. The Morgan fingerprint density at radius 2 is 0.785 bits per heavy atom. The molecule has 11 aromatic rings. The van der Waals surface area contributed by atoms with Gasteiger partial charge in [-0.2, -0.15) is 0 Å². The summed E-state index contributed by atoms with van der Waals surface area (Å²) >= 11 is 0.